The van der Waals surface area contributed by atoms with E-state index in [9.17, 15) is 4.79 Å². The molecule has 0 aromatic carbocycles. The first-order chi connectivity index (χ1) is 11.5. The van der Waals surface area contributed by atoms with Crippen molar-refractivity contribution in [1.29, 1.82) is 0 Å². The number of amides is 1. The average Bonchev–Trinajstić information content (AvgIpc) is 3.28. The number of nitrogens with zero attached hydrogens (tertiary/aromatic N) is 5. The summed E-state index contributed by atoms with van der Waals surface area (Å²) in [4.78, 5) is 19.0. The molecular weight excluding hydrogens is 306 g/mol. The molecule has 1 fully saturated rings. The minimum atomic E-state index is 0.00647. The van der Waals surface area contributed by atoms with E-state index in [2.05, 4.69) is 15.2 Å². The molecule has 0 saturated carbocycles. The molecule has 0 aliphatic carbocycles. The van der Waals surface area contributed by atoms with Gasteiger partial charge in [-0.25, -0.2) is 4.52 Å². The van der Waals surface area contributed by atoms with Gasteiger partial charge in [-0.3, -0.25) is 4.79 Å². The monoisotopic (exact) mass is 325 g/mol. The first-order valence-corrected chi connectivity index (χ1v) is 8.08. The van der Waals surface area contributed by atoms with Crippen LogP contribution in [0.2, 0.25) is 0 Å². The Balaban J connectivity index is 1.60. The number of carbonyl (C=O) groups is 1. The van der Waals surface area contributed by atoms with Gasteiger partial charge in [0.2, 0.25) is 5.89 Å². The zero-order valence-corrected chi connectivity index (χ0v) is 14.0. The van der Waals surface area contributed by atoms with E-state index in [0.29, 0.717) is 30.4 Å². The molecule has 3 aromatic rings. The van der Waals surface area contributed by atoms with Gasteiger partial charge in [-0.15, -0.1) is 0 Å². The van der Waals surface area contributed by atoms with E-state index < -0.39 is 0 Å². The highest BCUT2D eigenvalue weighted by Gasteiger charge is 2.32. The lowest BCUT2D eigenvalue weighted by atomic mass is 10.1. The number of aryl methyl sites for hydroxylation is 3. The Bertz CT molecular complexity index is 926. The molecule has 24 heavy (non-hydrogen) atoms. The molecule has 1 atom stereocenters. The molecular formula is C17H19N5O2. The van der Waals surface area contributed by atoms with Crippen molar-refractivity contribution in [3.63, 3.8) is 0 Å². The van der Waals surface area contributed by atoms with Gasteiger partial charge >= 0.3 is 0 Å². The van der Waals surface area contributed by atoms with Crippen LogP contribution in [-0.2, 0) is 0 Å². The molecule has 124 valence electrons. The van der Waals surface area contributed by atoms with Gasteiger partial charge in [-0.1, -0.05) is 11.2 Å². The van der Waals surface area contributed by atoms with Crippen molar-refractivity contribution in [3.05, 3.63) is 46.9 Å². The van der Waals surface area contributed by atoms with Crippen molar-refractivity contribution >= 4 is 11.4 Å². The van der Waals surface area contributed by atoms with Crippen LogP contribution in [0.25, 0.3) is 5.52 Å². The normalized spacial score (nSPS) is 17.8. The Morgan fingerprint density at radius 3 is 2.88 bits per heavy atom. The summed E-state index contributed by atoms with van der Waals surface area (Å²) in [6.07, 6.45) is 2.50. The number of pyridine rings is 1. The van der Waals surface area contributed by atoms with Gasteiger partial charge in [-0.2, -0.15) is 10.1 Å². The second-order valence-corrected chi connectivity index (χ2v) is 6.37. The number of hydrogen-bond acceptors (Lipinski definition) is 5. The highest BCUT2D eigenvalue weighted by atomic mass is 16.5. The van der Waals surface area contributed by atoms with Gasteiger partial charge in [0.15, 0.2) is 5.82 Å². The van der Waals surface area contributed by atoms with Gasteiger partial charge in [-0.05, 0) is 38.8 Å². The summed E-state index contributed by atoms with van der Waals surface area (Å²) in [6.45, 7) is 7.13. The van der Waals surface area contributed by atoms with E-state index in [4.69, 9.17) is 4.52 Å². The Morgan fingerprint density at radius 2 is 2.12 bits per heavy atom. The largest absolute Gasteiger partial charge is 0.339 e. The van der Waals surface area contributed by atoms with Crippen LogP contribution in [0.4, 0.5) is 0 Å². The van der Waals surface area contributed by atoms with E-state index in [-0.39, 0.29) is 11.8 Å². The molecule has 7 heteroatoms. The third kappa shape index (κ3) is 2.28. The smallest absolute Gasteiger partial charge is 0.257 e. The molecule has 1 aliphatic rings. The van der Waals surface area contributed by atoms with Gasteiger partial charge < -0.3 is 9.42 Å². The zero-order chi connectivity index (χ0) is 16.8. The maximum Gasteiger partial charge on any atom is 0.257 e. The number of hydrogen-bond donors (Lipinski definition) is 0. The molecule has 0 radical (unpaired) electrons. The van der Waals surface area contributed by atoms with Crippen molar-refractivity contribution < 1.29 is 9.32 Å². The van der Waals surface area contributed by atoms with E-state index in [1.54, 1.807) is 13.1 Å². The average molecular weight is 325 g/mol. The van der Waals surface area contributed by atoms with Gasteiger partial charge in [0.25, 0.3) is 5.91 Å². The number of carbonyl (C=O) groups excluding carboxylic acids is 1. The first kappa shape index (κ1) is 14.9. The van der Waals surface area contributed by atoms with Crippen LogP contribution in [0.5, 0.6) is 0 Å². The maximum absolute atomic E-state index is 12.9. The van der Waals surface area contributed by atoms with Crippen molar-refractivity contribution in [2.24, 2.45) is 0 Å². The van der Waals surface area contributed by atoms with Gasteiger partial charge in [0.05, 0.1) is 23.2 Å². The third-order valence-corrected chi connectivity index (χ3v) is 4.78. The summed E-state index contributed by atoms with van der Waals surface area (Å²) in [6, 6.07) is 3.98. The number of aromatic nitrogens is 4. The fraction of sp³-hybridized carbons (Fsp3) is 0.412. The molecule has 1 amide bonds. The third-order valence-electron chi connectivity index (χ3n) is 4.78. The fourth-order valence-corrected chi connectivity index (χ4v) is 3.24. The molecule has 1 saturated heterocycles. The molecule has 1 unspecified atom stereocenters. The van der Waals surface area contributed by atoms with Crippen LogP contribution >= 0.6 is 0 Å². The molecule has 0 spiro atoms. The van der Waals surface area contributed by atoms with Crippen LogP contribution < -0.4 is 0 Å². The molecule has 1 aliphatic heterocycles. The Morgan fingerprint density at radius 1 is 1.29 bits per heavy atom. The Labute approximate surface area is 139 Å². The van der Waals surface area contributed by atoms with Crippen LogP contribution in [0.1, 0.15) is 45.7 Å². The highest BCUT2D eigenvalue weighted by Crippen LogP contribution is 2.28. The number of rotatable bonds is 2. The van der Waals surface area contributed by atoms with Crippen LogP contribution in [0, 0.1) is 20.8 Å². The first-order valence-electron chi connectivity index (χ1n) is 8.08. The molecule has 0 bridgehead atoms. The Kier molecular flexibility index (Phi) is 3.37. The summed E-state index contributed by atoms with van der Waals surface area (Å²) in [5.74, 6) is 1.37. The molecule has 4 rings (SSSR count). The van der Waals surface area contributed by atoms with Gasteiger partial charge in [0, 0.05) is 18.8 Å². The highest BCUT2D eigenvalue weighted by molar-refractivity contribution is 6.00. The summed E-state index contributed by atoms with van der Waals surface area (Å²) in [5.41, 5.74) is 3.69. The SMILES string of the molecule is Cc1noc(C2CCN(C(=O)c3cnn4c(C)c(C)ccc34)C2)n1. The minimum absolute atomic E-state index is 0.00647. The Hall–Kier alpha value is -2.70. The van der Waals surface area contributed by atoms with E-state index in [1.807, 2.05) is 35.4 Å². The molecule has 0 N–H and O–H groups in total. The van der Waals surface area contributed by atoms with Crippen LogP contribution in [0.15, 0.2) is 22.9 Å². The van der Waals surface area contributed by atoms with E-state index in [1.165, 1.54) is 0 Å². The topological polar surface area (TPSA) is 76.5 Å². The summed E-state index contributed by atoms with van der Waals surface area (Å²) in [7, 11) is 0. The second-order valence-electron chi connectivity index (χ2n) is 6.37. The second kappa shape index (κ2) is 5.43. The van der Waals surface area contributed by atoms with Crippen molar-refractivity contribution in [2.45, 2.75) is 33.1 Å². The van der Waals surface area contributed by atoms with Crippen LogP contribution in [-0.4, -0.2) is 43.7 Å². The standard InChI is InChI=1S/C17H19N5O2/c1-10-4-5-15-14(8-18-22(15)11(10)2)17(23)21-7-6-13(9-21)16-19-12(3)20-24-16/h4-5,8,13H,6-7,9H2,1-3H3. The number of fused-ring (bicyclic) bond motifs is 1. The summed E-state index contributed by atoms with van der Waals surface area (Å²) >= 11 is 0. The molecule has 4 heterocycles. The van der Waals surface area contributed by atoms with E-state index in [0.717, 1.165) is 23.2 Å². The molecule has 3 aromatic heterocycles. The van der Waals surface area contributed by atoms with Crippen LogP contribution in [0.3, 0.4) is 0 Å². The lowest BCUT2D eigenvalue weighted by Crippen LogP contribution is -2.28. The zero-order valence-electron chi connectivity index (χ0n) is 14.0. The quantitative estimate of drug-likeness (QED) is 0.722. The van der Waals surface area contributed by atoms with Gasteiger partial charge in [0.1, 0.15) is 0 Å². The lowest BCUT2D eigenvalue weighted by Gasteiger charge is -2.15. The van der Waals surface area contributed by atoms with Crippen molar-refractivity contribution in [2.75, 3.05) is 13.1 Å². The summed E-state index contributed by atoms with van der Waals surface area (Å²) < 4.78 is 7.08. The minimum Gasteiger partial charge on any atom is -0.339 e. The lowest BCUT2D eigenvalue weighted by molar-refractivity contribution is 0.0791. The van der Waals surface area contributed by atoms with E-state index >= 15 is 0 Å². The predicted molar refractivity (Wildman–Crippen MR) is 87.0 cm³/mol. The molecule has 7 nitrogen and oxygen atoms in total. The fourth-order valence-electron chi connectivity index (χ4n) is 3.24. The maximum atomic E-state index is 12.9. The predicted octanol–water partition coefficient (Wildman–Crippen LogP) is 2.27. The number of likely N-dealkylation sites (tertiary alicyclic amines) is 1. The summed E-state index contributed by atoms with van der Waals surface area (Å²) in [5, 5.41) is 8.22. The van der Waals surface area contributed by atoms with Crippen molar-refractivity contribution in [1.82, 2.24) is 24.7 Å². The van der Waals surface area contributed by atoms with Crippen molar-refractivity contribution in [3.8, 4) is 0 Å².